The first-order valence-electron chi connectivity index (χ1n) is 10.4. The van der Waals surface area contributed by atoms with Gasteiger partial charge < -0.3 is 20.7 Å². The summed E-state index contributed by atoms with van der Waals surface area (Å²) in [6, 6.07) is 2.58. The van der Waals surface area contributed by atoms with Gasteiger partial charge in [0.05, 0.1) is 29.0 Å². The molecule has 5 heterocycles. The molecule has 10 heteroatoms. The average Bonchev–Trinajstić information content (AvgIpc) is 3.24. The van der Waals surface area contributed by atoms with Crippen LogP contribution in [0.5, 0.6) is 0 Å². The normalized spacial score (nSPS) is 19.3. The zero-order valence-electron chi connectivity index (χ0n) is 17.0. The minimum Gasteiger partial charge on any atom is -0.378 e. The summed E-state index contributed by atoms with van der Waals surface area (Å²) in [4.78, 5) is 24.2. The quantitative estimate of drug-likeness (QED) is 0.642. The lowest BCUT2D eigenvalue weighted by Gasteiger charge is -2.32. The Morgan fingerprint density at radius 1 is 1.10 bits per heavy atom. The molecule has 0 aliphatic carbocycles. The monoisotopic (exact) mass is 426 g/mol. The van der Waals surface area contributed by atoms with Crippen LogP contribution in [0.4, 0.5) is 11.8 Å². The maximum atomic E-state index is 5.66. The number of nitrogens with two attached hydrogens (primary N) is 1. The molecule has 30 heavy (non-hydrogen) atoms. The second-order valence-corrected chi connectivity index (χ2v) is 8.71. The van der Waals surface area contributed by atoms with Gasteiger partial charge in [-0.1, -0.05) is 0 Å². The average molecular weight is 427 g/mol. The van der Waals surface area contributed by atoms with Crippen LogP contribution in [0.25, 0.3) is 21.6 Å². The molecule has 0 amide bonds. The van der Waals surface area contributed by atoms with Gasteiger partial charge in [-0.05, 0) is 13.0 Å². The van der Waals surface area contributed by atoms with E-state index in [1.807, 2.05) is 0 Å². The van der Waals surface area contributed by atoms with Crippen LogP contribution in [0.1, 0.15) is 17.8 Å². The Kier molecular flexibility index (Phi) is 5.47. The molecule has 0 aromatic carbocycles. The van der Waals surface area contributed by atoms with Crippen molar-refractivity contribution in [1.82, 2.24) is 30.2 Å². The van der Waals surface area contributed by atoms with Gasteiger partial charge in [0, 0.05) is 62.6 Å². The highest BCUT2D eigenvalue weighted by molar-refractivity contribution is 7.19. The van der Waals surface area contributed by atoms with Crippen LogP contribution in [0.3, 0.4) is 0 Å². The van der Waals surface area contributed by atoms with E-state index in [9.17, 15) is 0 Å². The number of thiophene rings is 1. The van der Waals surface area contributed by atoms with Gasteiger partial charge in [-0.3, -0.25) is 4.90 Å². The Morgan fingerprint density at radius 2 is 1.83 bits per heavy atom. The van der Waals surface area contributed by atoms with Crippen LogP contribution in [0.15, 0.2) is 18.5 Å². The van der Waals surface area contributed by atoms with E-state index in [2.05, 4.69) is 38.1 Å². The van der Waals surface area contributed by atoms with Gasteiger partial charge in [0.25, 0.3) is 0 Å². The van der Waals surface area contributed by atoms with Crippen LogP contribution in [-0.4, -0.2) is 77.3 Å². The van der Waals surface area contributed by atoms with E-state index in [-0.39, 0.29) is 5.95 Å². The number of piperazine rings is 1. The Labute approximate surface area is 179 Å². The fourth-order valence-electron chi connectivity index (χ4n) is 3.96. The molecular formula is C20H26N8OS. The Bertz CT molecular complexity index is 1010. The van der Waals surface area contributed by atoms with Gasteiger partial charge in [0.2, 0.25) is 5.95 Å². The van der Waals surface area contributed by atoms with E-state index in [0.717, 1.165) is 60.9 Å². The summed E-state index contributed by atoms with van der Waals surface area (Å²) >= 11 is 1.80. The van der Waals surface area contributed by atoms with Crippen LogP contribution in [0.2, 0.25) is 0 Å². The van der Waals surface area contributed by atoms with E-state index < -0.39 is 0 Å². The SMILES string of the molecule is CC(c1cc2nc(-c3cnc(N)nc3)nc(N3CCOCC3)c2s1)N1CCNCC1. The van der Waals surface area contributed by atoms with Crippen molar-refractivity contribution in [3.05, 3.63) is 23.3 Å². The first-order valence-corrected chi connectivity index (χ1v) is 11.2. The molecule has 2 fully saturated rings. The van der Waals surface area contributed by atoms with Crippen molar-refractivity contribution in [2.24, 2.45) is 0 Å². The number of nitrogens with zero attached hydrogens (tertiary/aromatic N) is 6. The second-order valence-electron chi connectivity index (χ2n) is 7.63. The van der Waals surface area contributed by atoms with E-state index in [1.165, 1.54) is 4.88 Å². The topological polar surface area (TPSA) is 105 Å². The van der Waals surface area contributed by atoms with Crippen molar-refractivity contribution in [1.29, 1.82) is 0 Å². The van der Waals surface area contributed by atoms with Crippen LogP contribution >= 0.6 is 11.3 Å². The summed E-state index contributed by atoms with van der Waals surface area (Å²) in [7, 11) is 0. The van der Waals surface area contributed by atoms with Gasteiger partial charge >= 0.3 is 0 Å². The molecule has 9 nitrogen and oxygen atoms in total. The maximum absolute atomic E-state index is 5.66. The highest BCUT2D eigenvalue weighted by atomic mass is 32.1. The standard InChI is InChI=1S/C20H26N8OS/c1-13(27-4-2-22-3-5-27)16-10-15-17(30-16)19(28-6-8-29-9-7-28)26-18(25-15)14-11-23-20(21)24-12-14/h10-13,22H,2-9H2,1H3,(H2,21,23,24). The summed E-state index contributed by atoms with van der Waals surface area (Å²) in [6.07, 6.45) is 3.37. The number of morpholine rings is 1. The van der Waals surface area contributed by atoms with E-state index in [4.69, 9.17) is 20.4 Å². The lowest BCUT2D eigenvalue weighted by atomic mass is 10.2. The van der Waals surface area contributed by atoms with Gasteiger partial charge in [-0.2, -0.15) is 0 Å². The lowest BCUT2D eigenvalue weighted by Crippen LogP contribution is -2.44. The van der Waals surface area contributed by atoms with Gasteiger partial charge in [0.15, 0.2) is 11.6 Å². The van der Waals surface area contributed by atoms with E-state index in [1.54, 1.807) is 23.7 Å². The molecule has 3 aromatic heterocycles. The molecule has 2 aliphatic heterocycles. The maximum Gasteiger partial charge on any atom is 0.219 e. The molecule has 5 rings (SSSR count). The molecule has 158 valence electrons. The minimum atomic E-state index is 0.246. The van der Waals surface area contributed by atoms with Gasteiger partial charge in [0.1, 0.15) is 0 Å². The summed E-state index contributed by atoms with van der Waals surface area (Å²) in [5.74, 6) is 1.85. The van der Waals surface area contributed by atoms with E-state index >= 15 is 0 Å². The van der Waals surface area contributed by atoms with Crippen molar-refractivity contribution in [2.45, 2.75) is 13.0 Å². The third-order valence-electron chi connectivity index (χ3n) is 5.72. The van der Waals surface area contributed by atoms with Crippen molar-refractivity contribution in [2.75, 3.05) is 63.1 Å². The Morgan fingerprint density at radius 3 is 2.57 bits per heavy atom. The molecule has 2 aliphatic rings. The summed E-state index contributed by atoms with van der Waals surface area (Å²) in [6.45, 7) is 9.55. The number of anilines is 2. The van der Waals surface area contributed by atoms with Crippen molar-refractivity contribution in [3.63, 3.8) is 0 Å². The number of aromatic nitrogens is 4. The Hall–Kier alpha value is -2.40. The molecule has 0 radical (unpaired) electrons. The van der Waals surface area contributed by atoms with E-state index in [0.29, 0.717) is 25.1 Å². The summed E-state index contributed by atoms with van der Waals surface area (Å²) < 4.78 is 6.69. The highest BCUT2D eigenvalue weighted by Gasteiger charge is 2.24. The molecule has 0 spiro atoms. The number of fused-ring (bicyclic) bond motifs is 1. The number of hydrogen-bond donors (Lipinski definition) is 2. The molecule has 3 N–H and O–H groups in total. The second kappa shape index (κ2) is 8.38. The number of ether oxygens (including phenoxy) is 1. The summed E-state index contributed by atoms with van der Waals surface area (Å²) in [5.41, 5.74) is 7.40. The smallest absolute Gasteiger partial charge is 0.219 e. The molecule has 0 bridgehead atoms. The number of nitrogens with one attached hydrogen (secondary N) is 1. The fourth-order valence-corrected chi connectivity index (χ4v) is 5.16. The van der Waals surface area contributed by atoms with Gasteiger partial charge in [-0.15, -0.1) is 11.3 Å². The zero-order chi connectivity index (χ0) is 20.5. The molecule has 0 saturated carbocycles. The van der Waals surface area contributed by atoms with Crippen LogP contribution in [0, 0.1) is 0 Å². The highest BCUT2D eigenvalue weighted by Crippen LogP contribution is 2.38. The third kappa shape index (κ3) is 3.83. The predicted octanol–water partition coefficient (Wildman–Crippen LogP) is 1.53. The fraction of sp³-hybridized carbons (Fsp3) is 0.500. The first-order chi connectivity index (χ1) is 14.7. The molecule has 3 aromatic rings. The number of rotatable bonds is 4. The largest absolute Gasteiger partial charge is 0.378 e. The third-order valence-corrected chi connectivity index (χ3v) is 7.01. The number of hydrogen-bond acceptors (Lipinski definition) is 10. The summed E-state index contributed by atoms with van der Waals surface area (Å²) in [5, 5.41) is 3.43. The van der Waals surface area contributed by atoms with Gasteiger partial charge in [-0.25, -0.2) is 19.9 Å². The molecule has 2 saturated heterocycles. The Balaban J connectivity index is 1.58. The van der Waals surface area contributed by atoms with Crippen molar-refractivity contribution >= 4 is 33.3 Å². The van der Waals surface area contributed by atoms with Crippen LogP contribution < -0.4 is 16.0 Å². The number of nitrogen functional groups attached to an aromatic ring is 1. The van der Waals surface area contributed by atoms with Crippen LogP contribution in [-0.2, 0) is 4.74 Å². The van der Waals surface area contributed by atoms with Crippen molar-refractivity contribution < 1.29 is 4.74 Å². The minimum absolute atomic E-state index is 0.246. The molecular weight excluding hydrogens is 400 g/mol. The predicted molar refractivity (Wildman–Crippen MR) is 119 cm³/mol. The first kappa shape index (κ1) is 19.6. The zero-order valence-corrected chi connectivity index (χ0v) is 17.9. The van der Waals surface area contributed by atoms with Crippen molar-refractivity contribution in [3.8, 4) is 11.4 Å². The molecule has 1 unspecified atom stereocenters. The molecule has 1 atom stereocenters. The lowest BCUT2D eigenvalue weighted by molar-refractivity contribution is 0.122.